The van der Waals surface area contributed by atoms with Crippen LogP contribution in [0.2, 0.25) is 0 Å². The van der Waals surface area contributed by atoms with Crippen molar-refractivity contribution in [2.45, 2.75) is 0 Å². The van der Waals surface area contributed by atoms with Crippen LogP contribution in [0.5, 0.6) is 0 Å². The number of nitrogens with zero attached hydrogens (tertiary/aromatic N) is 7. The standard InChI is InChI=1S/C43H27N7/c1-4-15-29(16-5-1)40-46-41(30-17-6-2-7-18-30)48-42(47-40)39-34-26-49(31-19-8-3-9-20-31)27-35(34)44-43(45-39)50-36-23-13-12-22-33(36)38-32-21-11-10-14-28(32)24-25-37(38)50/h1-27H. The minimum Gasteiger partial charge on any atom is -0.321 e. The number of hydrogen-bond acceptors (Lipinski definition) is 5. The normalized spacial score (nSPS) is 11.6. The Morgan fingerprint density at radius 2 is 1.00 bits per heavy atom. The molecule has 0 atom stereocenters. The summed E-state index contributed by atoms with van der Waals surface area (Å²) in [5.74, 6) is 2.17. The molecule has 0 unspecified atom stereocenters. The van der Waals surface area contributed by atoms with Crippen molar-refractivity contribution in [2.75, 3.05) is 0 Å². The van der Waals surface area contributed by atoms with Crippen molar-refractivity contribution in [1.82, 2.24) is 34.1 Å². The van der Waals surface area contributed by atoms with Gasteiger partial charge in [-0.25, -0.2) is 24.9 Å². The van der Waals surface area contributed by atoms with Crippen molar-refractivity contribution < 1.29 is 0 Å². The summed E-state index contributed by atoms with van der Waals surface area (Å²) in [6, 6.07) is 51.6. The van der Waals surface area contributed by atoms with Crippen LogP contribution in [0, 0.1) is 0 Å². The van der Waals surface area contributed by atoms with Crippen LogP contribution < -0.4 is 0 Å². The summed E-state index contributed by atoms with van der Waals surface area (Å²) in [4.78, 5) is 25.7. The van der Waals surface area contributed by atoms with Crippen LogP contribution in [-0.2, 0) is 0 Å². The zero-order valence-corrected chi connectivity index (χ0v) is 26.7. The largest absolute Gasteiger partial charge is 0.321 e. The molecule has 0 spiro atoms. The van der Waals surface area contributed by atoms with Crippen LogP contribution in [-0.4, -0.2) is 34.1 Å². The maximum absolute atomic E-state index is 5.36. The van der Waals surface area contributed by atoms with Gasteiger partial charge >= 0.3 is 0 Å². The first-order valence-electron chi connectivity index (χ1n) is 16.5. The number of fused-ring (bicyclic) bond motifs is 6. The monoisotopic (exact) mass is 641 g/mol. The van der Waals surface area contributed by atoms with Gasteiger partial charge in [-0.3, -0.25) is 4.57 Å². The maximum atomic E-state index is 5.36. The van der Waals surface area contributed by atoms with Crippen LogP contribution in [0.15, 0.2) is 164 Å². The highest BCUT2D eigenvalue weighted by atomic mass is 15.2. The second kappa shape index (κ2) is 11.3. The third-order valence-corrected chi connectivity index (χ3v) is 9.22. The third kappa shape index (κ3) is 4.56. The highest BCUT2D eigenvalue weighted by Gasteiger charge is 2.22. The van der Waals surface area contributed by atoms with Gasteiger partial charge in [0.2, 0.25) is 5.95 Å². The molecular formula is C43H27N7. The fourth-order valence-corrected chi connectivity index (χ4v) is 6.90. The molecule has 10 rings (SSSR count). The summed E-state index contributed by atoms with van der Waals surface area (Å²) in [5.41, 5.74) is 6.28. The second-order valence-corrected chi connectivity index (χ2v) is 12.2. The fraction of sp³-hybridized carbons (Fsp3) is 0. The van der Waals surface area contributed by atoms with E-state index in [9.17, 15) is 0 Å². The highest BCUT2D eigenvalue weighted by molar-refractivity contribution is 6.21. The van der Waals surface area contributed by atoms with Crippen molar-refractivity contribution in [3.05, 3.63) is 164 Å². The van der Waals surface area contributed by atoms with Crippen LogP contribution in [0.25, 0.3) is 89.4 Å². The van der Waals surface area contributed by atoms with E-state index in [-0.39, 0.29) is 0 Å². The van der Waals surface area contributed by atoms with E-state index in [0.717, 1.165) is 44.1 Å². The van der Waals surface area contributed by atoms with Gasteiger partial charge in [0.05, 0.1) is 16.6 Å². The Morgan fingerprint density at radius 3 is 1.72 bits per heavy atom. The lowest BCUT2D eigenvalue weighted by molar-refractivity contribution is 0.996. The van der Waals surface area contributed by atoms with E-state index < -0.39 is 0 Å². The summed E-state index contributed by atoms with van der Waals surface area (Å²) in [7, 11) is 0. The van der Waals surface area contributed by atoms with Crippen molar-refractivity contribution >= 4 is 43.5 Å². The van der Waals surface area contributed by atoms with Gasteiger partial charge in [-0.05, 0) is 35.0 Å². The molecule has 0 radical (unpaired) electrons. The second-order valence-electron chi connectivity index (χ2n) is 12.2. The SMILES string of the molecule is c1ccc(-c2nc(-c3ccccc3)nc(-c3nc(-n4c5ccccc5c5c6ccccc6ccc54)nc4cn(-c5ccccc5)cc34)n2)cc1. The van der Waals surface area contributed by atoms with Crippen LogP contribution >= 0.6 is 0 Å². The lowest BCUT2D eigenvalue weighted by Crippen LogP contribution is -2.06. The highest BCUT2D eigenvalue weighted by Crippen LogP contribution is 2.37. The van der Waals surface area contributed by atoms with E-state index in [4.69, 9.17) is 24.9 Å². The van der Waals surface area contributed by atoms with Crippen molar-refractivity contribution in [1.29, 1.82) is 0 Å². The van der Waals surface area contributed by atoms with E-state index in [1.165, 1.54) is 16.2 Å². The van der Waals surface area contributed by atoms with Gasteiger partial charge in [0, 0.05) is 45.4 Å². The zero-order valence-electron chi connectivity index (χ0n) is 26.7. The average Bonchev–Trinajstić information content (AvgIpc) is 3.78. The molecule has 0 N–H and O–H groups in total. The van der Waals surface area contributed by atoms with E-state index in [2.05, 4.69) is 94.3 Å². The molecule has 0 bridgehead atoms. The first-order chi connectivity index (χ1) is 24.8. The maximum Gasteiger partial charge on any atom is 0.235 e. The molecule has 7 nitrogen and oxygen atoms in total. The molecule has 50 heavy (non-hydrogen) atoms. The zero-order chi connectivity index (χ0) is 33.0. The van der Waals surface area contributed by atoms with Crippen LogP contribution in [0.4, 0.5) is 0 Å². The molecule has 10 aromatic rings. The summed E-state index contributed by atoms with van der Waals surface area (Å²) in [5, 5.41) is 5.53. The number of benzene rings is 6. The molecule has 0 saturated carbocycles. The molecule has 4 aromatic heterocycles. The first kappa shape index (κ1) is 28.1. The quantitative estimate of drug-likeness (QED) is 0.187. The Kier molecular flexibility index (Phi) is 6.35. The predicted molar refractivity (Wildman–Crippen MR) is 200 cm³/mol. The average molecular weight is 642 g/mol. The van der Waals surface area contributed by atoms with Gasteiger partial charge in [-0.2, -0.15) is 0 Å². The number of aromatic nitrogens is 7. The summed E-state index contributed by atoms with van der Waals surface area (Å²) in [6.07, 6.45) is 4.12. The summed E-state index contributed by atoms with van der Waals surface area (Å²) < 4.78 is 4.25. The fourth-order valence-electron chi connectivity index (χ4n) is 6.90. The minimum absolute atomic E-state index is 0.475. The number of hydrogen-bond donors (Lipinski definition) is 0. The van der Waals surface area contributed by atoms with Crippen molar-refractivity contribution in [3.63, 3.8) is 0 Å². The number of para-hydroxylation sites is 2. The van der Waals surface area contributed by atoms with Gasteiger partial charge in [0.15, 0.2) is 17.5 Å². The summed E-state index contributed by atoms with van der Waals surface area (Å²) in [6.45, 7) is 0. The first-order valence-corrected chi connectivity index (χ1v) is 16.5. The Hall–Kier alpha value is -6.99. The molecule has 6 aromatic carbocycles. The molecule has 0 fully saturated rings. The summed E-state index contributed by atoms with van der Waals surface area (Å²) >= 11 is 0. The Morgan fingerprint density at radius 1 is 0.400 bits per heavy atom. The molecule has 0 saturated heterocycles. The van der Waals surface area contributed by atoms with Crippen molar-refractivity contribution in [2.24, 2.45) is 0 Å². The van der Waals surface area contributed by atoms with E-state index >= 15 is 0 Å². The molecular weight excluding hydrogens is 615 g/mol. The molecule has 0 aliphatic carbocycles. The smallest absolute Gasteiger partial charge is 0.235 e. The molecule has 0 aliphatic heterocycles. The Bertz CT molecular complexity index is 2800. The third-order valence-electron chi connectivity index (χ3n) is 9.22. The van der Waals surface area contributed by atoms with Crippen molar-refractivity contribution in [3.8, 4) is 45.9 Å². The molecule has 0 aliphatic rings. The van der Waals surface area contributed by atoms with Gasteiger partial charge in [0.25, 0.3) is 0 Å². The van der Waals surface area contributed by atoms with Crippen LogP contribution in [0.1, 0.15) is 0 Å². The van der Waals surface area contributed by atoms with Gasteiger partial charge in [-0.15, -0.1) is 0 Å². The van der Waals surface area contributed by atoms with Gasteiger partial charge in [-0.1, -0.05) is 127 Å². The molecule has 0 amide bonds. The molecule has 4 heterocycles. The minimum atomic E-state index is 0.475. The van der Waals surface area contributed by atoms with E-state index in [1.54, 1.807) is 0 Å². The lowest BCUT2D eigenvalue weighted by atomic mass is 10.0. The lowest BCUT2D eigenvalue weighted by Gasteiger charge is -2.11. The van der Waals surface area contributed by atoms with Gasteiger partial charge in [0.1, 0.15) is 5.69 Å². The number of rotatable bonds is 5. The van der Waals surface area contributed by atoms with E-state index in [1.807, 2.05) is 78.9 Å². The van der Waals surface area contributed by atoms with E-state index in [0.29, 0.717) is 29.1 Å². The van der Waals surface area contributed by atoms with Gasteiger partial charge < -0.3 is 4.57 Å². The Labute approximate surface area is 286 Å². The predicted octanol–water partition coefficient (Wildman–Crippen LogP) is 9.86. The topological polar surface area (TPSA) is 74.3 Å². The molecule has 7 heteroatoms. The Balaban J connectivity index is 1.30. The molecule has 234 valence electrons. The van der Waals surface area contributed by atoms with Crippen LogP contribution in [0.3, 0.4) is 0 Å².